The monoisotopic (exact) mass is 801 g/mol. The largest absolute Gasteiger partial charge is 0.376 e. The molecule has 4 aliphatic rings. The number of hydrogen-bond acceptors (Lipinski definition) is 2. The van der Waals surface area contributed by atoms with Gasteiger partial charge >= 0.3 is 6.85 Å². The van der Waals surface area contributed by atoms with Crippen molar-refractivity contribution in [2.24, 2.45) is 0 Å². The molecule has 1 aromatic heterocycles. The second kappa shape index (κ2) is 12.4. The van der Waals surface area contributed by atoms with E-state index in [1.165, 1.54) is 111 Å². The molecule has 4 aliphatic heterocycles. The van der Waals surface area contributed by atoms with Crippen LogP contribution in [0.4, 0.5) is 17.1 Å². The molecule has 14 rings (SSSR count). The number of rotatable bonds is 3. The van der Waals surface area contributed by atoms with Gasteiger partial charge in [0.25, 0.3) is 0 Å². The van der Waals surface area contributed by atoms with Crippen molar-refractivity contribution < 1.29 is 0 Å². The highest BCUT2D eigenvalue weighted by molar-refractivity contribution is 6.94. The molecule has 10 aromatic rings. The average molecular weight is 802 g/mol. The molecule has 0 saturated carbocycles. The van der Waals surface area contributed by atoms with Gasteiger partial charge in [-0.1, -0.05) is 176 Å². The van der Waals surface area contributed by atoms with Gasteiger partial charge < -0.3 is 14.3 Å². The van der Waals surface area contributed by atoms with Crippen molar-refractivity contribution in [1.82, 2.24) is 4.57 Å². The first-order valence-electron chi connectivity index (χ1n) is 22.1. The van der Waals surface area contributed by atoms with Crippen LogP contribution < -0.4 is 20.6 Å². The Morgan fingerprint density at radius 2 is 1.24 bits per heavy atom. The fourth-order valence-electron chi connectivity index (χ4n) is 12.3. The minimum Gasteiger partial charge on any atom is -0.376 e. The molecule has 0 spiro atoms. The quantitative estimate of drug-likeness (QED) is 0.165. The zero-order valence-electron chi connectivity index (χ0n) is 35.1. The number of nitrogens with zero attached hydrogens (tertiary/aromatic N) is 3. The van der Waals surface area contributed by atoms with Gasteiger partial charge in [0.1, 0.15) is 0 Å². The van der Waals surface area contributed by atoms with Crippen molar-refractivity contribution >= 4 is 78.7 Å². The third-order valence-corrected chi connectivity index (χ3v) is 14.8. The summed E-state index contributed by atoms with van der Waals surface area (Å²) in [4.78, 5) is 5.10. The van der Waals surface area contributed by atoms with Crippen LogP contribution in [0.25, 0.3) is 60.7 Å². The van der Waals surface area contributed by atoms with E-state index in [4.69, 9.17) is 6.58 Å². The maximum atomic E-state index is 4.76. The number of aryl methyl sites for hydroxylation is 1. The lowest BCUT2D eigenvalue weighted by Crippen LogP contribution is -2.62. The molecule has 9 aromatic carbocycles. The summed E-state index contributed by atoms with van der Waals surface area (Å²) in [7, 11) is 2.21. The molecular weight excluding hydrogens is 761 g/mol. The van der Waals surface area contributed by atoms with E-state index in [1.54, 1.807) is 0 Å². The number of anilines is 3. The van der Waals surface area contributed by atoms with Gasteiger partial charge in [-0.15, -0.1) is 0 Å². The summed E-state index contributed by atoms with van der Waals surface area (Å²) in [5.41, 5.74) is 23.0. The Kier molecular flexibility index (Phi) is 6.86. The normalized spacial score (nSPS) is 15.0. The molecule has 0 atom stereocenters. The molecule has 0 radical (unpaired) electrons. The number of aromatic nitrogens is 1. The van der Waals surface area contributed by atoms with Gasteiger partial charge in [-0.2, -0.15) is 0 Å². The Bertz CT molecular complexity index is 3640. The topological polar surface area (TPSA) is 11.4 Å². The average Bonchev–Trinajstić information content (AvgIpc) is 3.70. The van der Waals surface area contributed by atoms with E-state index < -0.39 is 5.41 Å². The van der Waals surface area contributed by atoms with Gasteiger partial charge in [-0.3, -0.25) is 0 Å². The van der Waals surface area contributed by atoms with E-state index in [0.29, 0.717) is 0 Å². The van der Waals surface area contributed by atoms with Gasteiger partial charge in [-0.05, 0) is 97.4 Å². The maximum Gasteiger partial charge on any atom is 0.333 e. The Labute approximate surface area is 367 Å². The summed E-state index contributed by atoms with van der Waals surface area (Å²) in [6, 6.07) is 70.5. The van der Waals surface area contributed by atoms with Gasteiger partial charge in [0, 0.05) is 51.7 Å². The van der Waals surface area contributed by atoms with Crippen molar-refractivity contribution in [3.63, 3.8) is 0 Å². The predicted molar refractivity (Wildman–Crippen MR) is 266 cm³/mol. The maximum absolute atomic E-state index is 4.76. The lowest BCUT2D eigenvalue weighted by Gasteiger charge is -2.52. The van der Waals surface area contributed by atoms with Gasteiger partial charge in [0.2, 0.25) is 0 Å². The van der Waals surface area contributed by atoms with Crippen molar-refractivity contribution in [1.29, 1.82) is 0 Å². The number of allylic oxidation sites excluding steroid dienone is 2. The van der Waals surface area contributed by atoms with Crippen molar-refractivity contribution in [3.8, 4) is 16.8 Å². The number of fused-ring (bicyclic) bond motifs is 13. The Morgan fingerprint density at radius 1 is 0.556 bits per heavy atom. The first kappa shape index (κ1) is 34.8. The van der Waals surface area contributed by atoms with Crippen LogP contribution in [-0.4, -0.2) is 18.5 Å². The summed E-state index contributed by atoms with van der Waals surface area (Å²) in [6.07, 6.45) is 2.27. The molecule has 0 fully saturated rings. The summed E-state index contributed by atoms with van der Waals surface area (Å²) in [5.74, 6) is 0. The van der Waals surface area contributed by atoms with Crippen LogP contribution in [-0.2, 0) is 5.41 Å². The van der Waals surface area contributed by atoms with Crippen LogP contribution >= 0.6 is 0 Å². The molecule has 3 nitrogen and oxygen atoms in total. The molecule has 5 heterocycles. The Hall–Kier alpha value is -7.82. The first-order valence-corrected chi connectivity index (χ1v) is 22.1. The molecule has 0 saturated heterocycles. The summed E-state index contributed by atoms with van der Waals surface area (Å²) < 4.78 is 2.62. The molecule has 0 aliphatic carbocycles. The van der Waals surface area contributed by atoms with E-state index in [-0.39, 0.29) is 6.85 Å². The molecule has 63 heavy (non-hydrogen) atoms. The van der Waals surface area contributed by atoms with Gasteiger partial charge in [0.15, 0.2) is 0 Å². The fraction of sp³-hybridized carbons (Fsp3) is 0.0508. The van der Waals surface area contributed by atoms with Crippen molar-refractivity contribution in [2.45, 2.75) is 12.3 Å². The van der Waals surface area contributed by atoms with Crippen molar-refractivity contribution in [3.05, 3.63) is 240 Å². The van der Waals surface area contributed by atoms with Crippen molar-refractivity contribution in [2.75, 3.05) is 16.8 Å². The van der Waals surface area contributed by atoms with Crippen LogP contribution in [0.3, 0.4) is 0 Å². The highest BCUT2D eigenvalue weighted by Gasteiger charge is 2.53. The summed E-state index contributed by atoms with van der Waals surface area (Å²) in [6.45, 7) is 6.98. The Morgan fingerprint density at radius 3 is 2.02 bits per heavy atom. The van der Waals surface area contributed by atoms with E-state index in [9.17, 15) is 0 Å². The first-order chi connectivity index (χ1) is 31.0. The molecule has 0 N–H and O–H groups in total. The van der Waals surface area contributed by atoms with E-state index in [2.05, 4.69) is 222 Å². The van der Waals surface area contributed by atoms with Gasteiger partial charge in [-0.25, -0.2) is 0 Å². The molecule has 294 valence electrons. The molecule has 4 heteroatoms. The highest BCUT2D eigenvalue weighted by Crippen LogP contribution is 2.60. The van der Waals surface area contributed by atoms with Crippen LogP contribution in [0.2, 0.25) is 0 Å². The summed E-state index contributed by atoms with van der Waals surface area (Å²) in [5, 5.41) is 5.21. The third-order valence-electron chi connectivity index (χ3n) is 14.8. The Balaban J connectivity index is 1.16. The fourth-order valence-corrected chi connectivity index (χ4v) is 12.3. The van der Waals surface area contributed by atoms with Crippen LogP contribution in [0.1, 0.15) is 38.9 Å². The molecule has 0 amide bonds. The standard InChI is InChI=1S/C59H40BN3/c1-36-33-51(39-19-7-4-8-20-39)61(3)52-35-53-48(34-44(36)52)60-56-45(32-37(2)54-55-42-25-14-13-18-38(42)30-31-50(55)62(53)58(54)56)43-26-17-28-47-57(43)63(60)49-29-16-15-27-46(49)59(47,40-21-9-5-10-22-40)41-23-11-6-12-24-41/h4-35H,1H2,2-3H3. The second-order valence-electron chi connectivity index (χ2n) is 17.8. The van der Waals surface area contributed by atoms with Crippen LogP contribution in [0, 0.1) is 6.92 Å². The molecule has 0 bridgehead atoms. The lowest BCUT2D eigenvalue weighted by atomic mass is 9.42. The minimum atomic E-state index is -0.561. The molecular formula is C59H40BN3. The van der Waals surface area contributed by atoms with E-state index >= 15 is 0 Å². The second-order valence-corrected chi connectivity index (χ2v) is 17.8. The van der Waals surface area contributed by atoms with Crippen LogP contribution in [0.15, 0.2) is 201 Å². The summed E-state index contributed by atoms with van der Waals surface area (Å²) >= 11 is 0. The van der Waals surface area contributed by atoms with E-state index in [0.717, 1.165) is 17.0 Å². The highest BCUT2D eigenvalue weighted by atomic mass is 15.1. The predicted octanol–water partition coefficient (Wildman–Crippen LogP) is 12.7. The molecule has 0 unspecified atom stereocenters. The van der Waals surface area contributed by atoms with Gasteiger partial charge in [0.05, 0.1) is 22.1 Å². The number of hydrogen-bond donors (Lipinski definition) is 0. The van der Waals surface area contributed by atoms with Crippen LogP contribution in [0.5, 0.6) is 0 Å². The third kappa shape index (κ3) is 4.30. The zero-order chi connectivity index (χ0) is 41.7. The lowest BCUT2D eigenvalue weighted by molar-refractivity contribution is 0.734. The smallest absolute Gasteiger partial charge is 0.333 e. The zero-order valence-corrected chi connectivity index (χ0v) is 35.1. The SMILES string of the molecule is C=C1C=C(c2ccccc2)N(C)c2cc3c(cc21)B1c2c(cc(C)c4c5c6ccccc6ccc5n-3c24)-c2cccc3c2N1c1ccccc1C3(c1ccccc1)c1ccccc1. The van der Waals surface area contributed by atoms with E-state index in [1.807, 2.05) is 0 Å². The minimum absolute atomic E-state index is 0.122. The number of benzene rings is 9. The number of para-hydroxylation sites is 2.